The number of rotatable bonds is 4. The first-order valence-electron chi connectivity index (χ1n) is 9.49. The van der Waals surface area contributed by atoms with Gasteiger partial charge >= 0.3 is 0 Å². The van der Waals surface area contributed by atoms with Crippen LogP contribution in [0.3, 0.4) is 0 Å². The fraction of sp³-hybridized carbons (Fsp3) is 0.250. The average Bonchev–Trinajstić information content (AvgIpc) is 3.10. The molecule has 3 nitrogen and oxygen atoms in total. The zero-order valence-electron chi connectivity index (χ0n) is 16.1. The minimum Gasteiger partial charge on any atom is -0.361 e. The van der Waals surface area contributed by atoms with Crippen LogP contribution in [0.15, 0.2) is 89.8 Å². The molecule has 3 aromatic carbocycles. The minimum absolute atomic E-state index is 0.352. The zero-order chi connectivity index (χ0) is 19.8. The van der Waals surface area contributed by atoms with Gasteiger partial charge in [-0.25, -0.2) is 8.42 Å². The van der Waals surface area contributed by atoms with Gasteiger partial charge in [0.15, 0.2) is 9.84 Å². The summed E-state index contributed by atoms with van der Waals surface area (Å²) in [5.41, 5.74) is 2.26. The molecule has 0 unspecified atom stereocenters. The molecule has 1 saturated heterocycles. The van der Waals surface area contributed by atoms with E-state index >= 15 is 0 Å². The summed E-state index contributed by atoms with van der Waals surface area (Å²) >= 11 is 0. The van der Waals surface area contributed by atoms with E-state index in [0.717, 1.165) is 16.7 Å². The largest absolute Gasteiger partial charge is 0.361 e. The van der Waals surface area contributed by atoms with E-state index in [1.807, 2.05) is 86.6 Å². The van der Waals surface area contributed by atoms with Crippen molar-refractivity contribution in [1.29, 1.82) is 0 Å². The fourth-order valence-electron chi connectivity index (χ4n) is 3.97. The molecule has 0 spiro atoms. The topological polar surface area (TPSA) is 43.4 Å². The third kappa shape index (κ3) is 3.38. The van der Waals surface area contributed by atoms with Crippen LogP contribution in [0.4, 0.5) is 0 Å². The predicted octanol–water partition coefficient (Wildman–Crippen LogP) is 5.21. The molecule has 0 aromatic heterocycles. The highest BCUT2D eigenvalue weighted by molar-refractivity contribution is 7.92. The Hall–Kier alpha value is -2.43. The van der Waals surface area contributed by atoms with Crippen molar-refractivity contribution in [3.05, 3.63) is 102 Å². The van der Waals surface area contributed by atoms with Crippen molar-refractivity contribution in [3.8, 4) is 0 Å². The molecule has 1 fully saturated rings. The van der Waals surface area contributed by atoms with Gasteiger partial charge in [0.05, 0.1) is 15.7 Å². The first-order chi connectivity index (χ1) is 13.4. The van der Waals surface area contributed by atoms with Crippen LogP contribution >= 0.6 is 0 Å². The molecule has 1 aliphatic rings. The molecule has 0 aliphatic carbocycles. The Labute approximate surface area is 166 Å². The van der Waals surface area contributed by atoms with Gasteiger partial charge in [-0.1, -0.05) is 78.4 Å². The number of aryl methyl sites for hydroxylation is 1. The Balaban J connectivity index is 1.79. The third-order valence-electron chi connectivity index (χ3n) is 5.58. The number of ether oxygens (including phenoxy) is 1. The molecular formula is C24H24O3S. The second-order valence-corrected chi connectivity index (χ2v) is 9.81. The lowest BCUT2D eigenvalue weighted by Crippen LogP contribution is -2.26. The van der Waals surface area contributed by atoms with Crippen LogP contribution in [0.2, 0.25) is 0 Å². The van der Waals surface area contributed by atoms with Crippen molar-refractivity contribution in [2.24, 2.45) is 0 Å². The highest BCUT2D eigenvalue weighted by atomic mass is 32.2. The lowest BCUT2D eigenvalue weighted by Gasteiger charge is -2.25. The standard InChI is InChI=1S/C24H24O3S/c1-18-13-15-21(16-14-18)28(25,26)22-17-24(2,20-11-7-4-8-12-20)27-23(22)19-9-5-3-6-10-19/h3-16,22-23H,17H2,1-2H3/t22-,23-,24+/m1/s1. The van der Waals surface area contributed by atoms with Crippen LogP contribution in [0, 0.1) is 6.92 Å². The van der Waals surface area contributed by atoms with E-state index in [1.165, 1.54) is 0 Å². The van der Waals surface area contributed by atoms with Crippen LogP contribution in [0.5, 0.6) is 0 Å². The predicted molar refractivity (Wildman–Crippen MR) is 111 cm³/mol. The summed E-state index contributed by atoms with van der Waals surface area (Å²) in [5, 5.41) is -0.650. The van der Waals surface area contributed by atoms with E-state index in [-0.39, 0.29) is 0 Å². The quantitative estimate of drug-likeness (QED) is 0.612. The SMILES string of the molecule is Cc1ccc(S(=O)(=O)[C@@H]2C[C@@](C)(c3ccccc3)O[C@@H]2c2ccccc2)cc1. The Bertz CT molecular complexity index is 1040. The molecule has 3 aromatic rings. The summed E-state index contributed by atoms with van der Waals surface area (Å²) in [7, 11) is -3.56. The molecule has 1 heterocycles. The molecule has 1 aliphatic heterocycles. The van der Waals surface area contributed by atoms with Gasteiger partial charge in [0.25, 0.3) is 0 Å². The summed E-state index contributed by atoms with van der Waals surface area (Å²) in [6.07, 6.45) is -0.107. The number of sulfone groups is 1. The molecule has 4 heteroatoms. The Morgan fingerprint density at radius 1 is 0.857 bits per heavy atom. The van der Waals surface area contributed by atoms with E-state index in [2.05, 4.69) is 0 Å². The van der Waals surface area contributed by atoms with Crippen LogP contribution in [-0.2, 0) is 20.2 Å². The third-order valence-corrected chi connectivity index (χ3v) is 7.72. The summed E-state index contributed by atoms with van der Waals surface area (Å²) in [4.78, 5) is 0.352. The van der Waals surface area contributed by atoms with Crippen molar-refractivity contribution in [1.82, 2.24) is 0 Å². The lowest BCUT2D eigenvalue weighted by molar-refractivity contribution is -0.0333. The normalized spacial score (nSPS) is 24.9. The highest BCUT2D eigenvalue weighted by Gasteiger charge is 2.50. The minimum atomic E-state index is -3.56. The smallest absolute Gasteiger partial charge is 0.184 e. The van der Waals surface area contributed by atoms with Crippen molar-refractivity contribution < 1.29 is 13.2 Å². The summed E-state index contributed by atoms with van der Waals surface area (Å²) in [6, 6.07) is 26.6. The maximum absolute atomic E-state index is 13.6. The molecule has 3 atom stereocenters. The second-order valence-electron chi connectivity index (χ2n) is 7.65. The van der Waals surface area contributed by atoms with E-state index in [0.29, 0.717) is 11.3 Å². The first-order valence-corrected chi connectivity index (χ1v) is 11.0. The van der Waals surface area contributed by atoms with Gasteiger partial charge in [-0.2, -0.15) is 0 Å². The lowest BCUT2D eigenvalue weighted by atomic mass is 9.92. The molecule has 144 valence electrons. The molecule has 0 N–H and O–H groups in total. The number of benzene rings is 3. The van der Waals surface area contributed by atoms with Gasteiger partial charge in [0.2, 0.25) is 0 Å². The molecule has 28 heavy (non-hydrogen) atoms. The van der Waals surface area contributed by atoms with E-state index in [9.17, 15) is 8.42 Å². The van der Waals surface area contributed by atoms with Crippen LogP contribution in [0.1, 0.15) is 36.1 Å². The van der Waals surface area contributed by atoms with Crippen LogP contribution < -0.4 is 0 Å². The van der Waals surface area contributed by atoms with Gasteiger partial charge < -0.3 is 4.74 Å². The van der Waals surface area contributed by atoms with E-state index in [1.54, 1.807) is 12.1 Å². The van der Waals surface area contributed by atoms with Crippen molar-refractivity contribution in [3.63, 3.8) is 0 Å². The average molecular weight is 393 g/mol. The Morgan fingerprint density at radius 3 is 2.04 bits per heavy atom. The molecule has 0 radical (unpaired) electrons. The number of hydrogen-bond acceptors (Lipinski definition) is 3. The molecule has 4 rings (SSSR count). The first kappa shape index (κ1) is 18.9. The van der Waals surface area contributed by atoms with Gasteiger partial charge in [-0.05, 0) is 37.1 Å². The highest BCUT2D eigenvalue weighted by Crippen LogP contribution is 2.49. The van der Waals surface area contributed by atoms with E-state index in [4.69, 9.17) is 4.74 Å². The monoisotopic (exact) mass is 392 g/mol. The fourth-order valence-corrected chi connectivity index (χ4v) is 5.91. The Kier molecular flexibility index (Phi) is 4.86. The van der Waals surface area contributed by atoms with Gasteiger partial charge in [-0.3, -0.25) is 0 Å². The van der Waals surface area contributed by atoms with Crippen LogP contribution in [0.25, 0.3) is 0 Å². The van der Waals surface area contributed by atoms with Gasteiger partial charge in [0.1, 0.15) is 6.10 Å². The van der Waals surface area contributed by atoms with Gasteiger partial charge in [-0.15, -0.1) is 0 Å². The maximum atomic E-state index is 13.6. The molecule has 0 amide bonds. The second kappa shape index (κ2) is 7.19. The summed E-state index contributed by atoms with van der Waals surface area (Å²) in [6.45, 7) is 3.94. The number of hydrogen-bond donors (Lipinski definition) is 0. The maximum Gasteiger partial charge on any atom is 0.184 e. The summed E-state index contributed by atoms with van der Waals surface area (Å²) in [5.74, 6) is 0. The van der Waals surface area contributed by atoms with Gasteiger partial charge in [0, 0.05) is 6.42 Å². The van der Waals surface area contributed by atoms with Crippen molar-refractivity contribution in [2.75, 3.05) is 0 Å². The van der Waals surface area contributed by atoms with E-state index < -0.39 is 26.8 Å². The van der Waals surface area contributed by atoms with Crippen molar-refractivity contribution in [2.45, 2.75) is 42.1 Å². The Morgan fingerprint density at radius 2 is 1.43 bits per heavy atom. The van der Waals surface area contributed by atoms with Crippen LogP contribution in [-0.4, -0.2) is 13.7 Å². The molecule has 0 saturated carbocycles. The summed E-state index contributed by atoms with van der Waals surface area (Å²) < 4.78 is 33.6. The van der Waals surface area contributed by atoms with Crippen molar-refractivity contribution >= 4 is 9.84 Å². The molecule has 0 bridgehead atoms. The zero-order valence-corrected chi connectivity index (χ0v) is 16.9. The molecular weight excluding hydrogens is 368 g/mol.